The monoisotopic (exact) mass is 439 g/mol. The summed E-state index contributed by atoms with van der Waals surface area (Å²) in [5, 5.41) is 11.4. The van der Waals surface area contributed by atoms with Crippen molar-refractivity contribution in [3.8, 4) is 5.13 Å². The van der Waals surface area contributed by atoms with Crippen LogP contribution in [0.15, 0.2) is 28.6 Å². The number of halogens is 2. The highest BCUT2D eigenvalue weighted by Gasteiger charge is 2.25. The molecular weight excluding hydrogens is 421 g/mol. The molecule has 3 aromatic rings. The Bertz CT molecular complexity index is 1110. The summed E-state index contributed by atoms with van der Waals surface area (Å²) in [5.74, 6) is -1.65. The van der Waals surface area contributed by atoms with Gasteiger partial charge >= 0.3 is 5.97 Å². The lowest BCUT2D eigenvalue weighted by Gasteiger charge is -2.33. The number of carbonyl (C=O) groups is 1. The van der Waals surface area contributed by atoms with Crippen LogP contribution in [0, 0.1) is 11.7 Å². The summed E-state index contributed by atoms with van der Waals surface area (Å²) in [7, 11) is 0. The number of nitrogens with zero attached hydrogens (tertiary/aromatic N) is 4. The number of hydrogen-bond donors (Lipinski definition) is 2. The van der Waals surface area contributed by atoms with Gasteiger partial charge in [0.05, 0.1) is 5.39 Å². The van der Waals surface area contributed by atoms with Crippen LogP contribution in [-0.4, -0.2) is 45.2 Å². The zero-order valence-corrected chi connectivity index (χ0v) is 16.9. The molecule has 0 bridgehead atoms. The topological polar surface area (TPSA) is 114 Å². The molecule has 154 valence electrons. The second kappa shape index (κ2) is 8.44. The Morgan fingerprint density at radius 1 is 1.45 bits per heavy atom. The zero-order chi connectivity index (χ0) is 19.8. The molecule has 1 atom stereocenters. The Labute approximate surface area is 175 Å². The first-order valence-corrected chi connectivity index (χ1v) is 9.71. The number of hydrogen-bond acceptors (Lipinski definition) is 7. The fraction of sp³-hybridized carbons (Fsp3) is 0.333. The van der Waals surface area contributed by atoms with Gasteiger partial charge in [0, 0.05) is 30.9 Å². The van der Waals surface area contributed by atoms with Crippen LogP contribution in [0.1, 0.15) is 23.2 Å². The van der Waals surface area contributed by atoms with Crippen LogP contribution in [0.25, 0.3) is 16.2 Å². The van der Waals surface area contributed by atoms with E-state index in [1.54, 1.807) is 11.6 Å². The van der Waals surface area contributed by atoms with Gasteiger partial charge in [-0.05, 0) is 31.4 Å². The normalized spacial score (nSPS) is 16.6. The fourth-order valence-electron chi connectivity index (χ4n) is 3.52. The Balaban J connectivity index is 0.00000240. The maximum atomic E-state index is 14.9. The summed E-state index contributed by atoms with van der Waals surface area (Å²) in [6, 6.07) is 1.07. The number of piperidine rings is 1. The molecule has 0 radical (unpaired) electrons. The Kier molecular flexibility index (Phi) is 6.15. The third kappa shape index (κ3) is 3.83. The number of carboxylic acid groups (broad SMARTS) is 1. The molecule has 1 aliphatic heterocycles. The van der Waals surface area contributed by atoms with E-state index in [1.807, 2.05) is 4.90 Å². The van der Waals surface area contributed by atoms with Gasteiger partial charge in [-0.15, -0.1) is 23.7 Å². The van der Waals surface area contributed by atoms with Crippen molar-refractivity contribution in [2.24, 2.45) is 11.7 Å². The highest BCUT2D eigenvalue weighted by atomic mass is 35.5. The smallest absolute Gasteiger partial charge is 0.341 e. The molecule has 3 aromatic heterocycles. The molecule has 3 N–H and O–H groups in total. The predicted molar refractivity (Wildman–Crippen MR) is 111 cm³/mol. The Hall–Kier alpha value is -2.56. The molecular formula is C18H19ClFN5O3S. The van der Waals surface area contributed by atoms with Crippen LogP contribution < -0.4 is 16.1 Å². The van der Waals surface area contributed by atoms with Crippen LogP contribution >= 0.6 is 23.7 Å². The number of rotatable bonds is 4. The van der Waals surface area contributed by atoms with Crippen molar-refractivity contribution >= 4 is 46.6 Å². The highest BCUT2D eigenvalue weighted by molar-refractivity contribution is 7.12. The molecule has 1 saturated heterocycles. The maximum Gasteiger partial charge on any atom is 0.341 e. The minimum absolute atomic E-state index is 0. The Morgan fingerprint density at radius 3 is 2.90 bits per heavy atom. The quantitative estimate of drug-likeness (QED) is 0.640. The summed E-state index contributed by atoms with van der Waals surface area (Å²) in [6.07, 6.45) is 4.61. The van der Waals surface area contributed by atoms with Gasteiger partial charge in [-0.3, -0.25) is 9.36 Å². The van der Waals surface area contributed by atoms with E-state index in [4.69, 9.17) is 5.73 Å². The second-order valence-electron chi connectivity index (χ2n) is 6.72. The van der Waals surface area contributed by atoms with Gasteiger partial charge in [-0.2, -0.15) is 0 Å². The van der Waals surface area contributed by atoms with E-state index >= 15 is 0 Å². The van der Waals surface area contributed by atoms with Gasteiger partial charge in [0.1, 0.15) is 5.56 Å². The molecule has 1 aliphatic rings. The average molecular weight is 440 g/mol. The van der Waals surface area contributed by atoms with E-state index in [0.29, 0.717) is 24.8 Å². The number of nitrogens with two attached hydrogens (primary N) is 1. The molecule has 29 heavy (non-hydrogen) atoms. The first-order chi connectivity index (χ1) is 13.5. The molecule has 11 heteroatoms. The zero-order valence-electron chi connectivity index (χ0n) is 15.2. The number of aromatic nitrogens is 3. The number of aromatic carboxylic acids is 1. The molecule has 8 nitrogen and oxygen atoms in total. The van der Waals surface area contributed by atoms with Crippen molar-refractivity contribution in [1.29, 1.82) is 0 Å². The number of pyridine rings is 2. The molecule has 1 unspecified atom stereocenters. The first kappa shape index (κ1) is 21.2. The third-order valence-corrected chi connectivity index (χ3v) is 5.69. The van der Waals surface area contributed by atoms with E-state index in [1.165, 1.54) is 22.1 Å². The standard InChI is InChI=1S/C18H18FN5O3S.ClH/c19-13-6-11-14(25)12(17(26)27)9-24(18-21-3-5-28-18)15(11)22-16(13)23-4-1-2-10(7-20)8-23;/h3,5-6,9-10H,1-2,4,7-8,20H2,(H,26,27);1H. The molecule has 0 spiro atoms. The number of fused-ring (bicyclic) bond motifs is 1. The molecule has 4 rings (SSSR count). The maximum absolute atomic E-state index is 14.9. The van der Waals surface area contributed by atoms with Crippen LogP contribution in [0.5, 0.6) is 0 Å². The number of thiazole rings is 1. The number of anilines is 1. The van der Waals surface area contributed by atoms with Crippen molar-refractivity contribution in [1.82, 2.24) is 14.5 Å². The van der Waals surface area contributed by atoms with Crippen LogP contribution in [0.4, 0.5) is 10.2 Å². The molecule has 0 saturated carbocycles. The van der Waals surface area contributed by atoms with Gasteiger partial charge in [0.15, 0.2) is 22.4 Å². The van der Waals surface area contributed by atoms with Gasteiger partial charge < -0.3 is 15.7 Å². The summed E-state index contributed by atoms with van der Waals surface area (Å²) in [6.45, 7) is 1.73. The van der Waals surface area contributed by atoms with E-state index in [9.17, 15) is 19.1 Å². The fourth-order valence-corrected chi connectivity index (χ4v) is 4.14. The molecule has 1 fully saturated rings. The van der Waals surface area contributed by atoms with Gasteiger partial charge in [-0.1, -0.05) is 0 Å². The van der Waals surface area contributed by atoms with Crippen molar-refractivity contribution in [3.63, 3.8) is 0 Å². The van der Waals surface area contributed by atoms with Gasteiger partial charge in [0.2, 0.25) is 5.43 Å². The largest absolute Gasteiger partial charge is 0.477 e. The second-order valence-corrected chi connectivity index (χ2v) is 7.59. The first-order valence-electron chi connectivity index (χ1n) is 8.83. The van der Waals surface area contributed by atoms with Gasteiger partial charge in [-0.25, -0.2) is 19.2 Å². The van der Waals surface area contributed by atoms with Crippen LogP contribution in [0.3, 0.4) is 0 Å². The van der Waals surface area contributed by atoms with E-state index in [0.717, 1.165) is 18.9 Å². The van der Waals surface area contributed by atoms with Crippen molar-refractivity contribution in [3.05, 3.63) is 45.4 Å². The van der Waals surface area contributed by atoms with Crippen molar-refractivity contribution < 1.29 is 14.3 Å². The molecule has 0 aromatic carbocycles. The summed E-state index contributed by atoms with van der Waals surface area (Å²) in [5.41, 5.74) is 4.72. The minimum atomic E-state index is -1.39. The van der Waals surface area contributed by atoms with Crippen LogP contribution in [-0.2, 0) is 0 Å². The van der Waals surface area contributed by atoms with E-state index in [2.05, 4.69) is 9.97 Å². The minimum Gasteiger partial charge on any atom is -0.477 e. The highest BCUT2D eigenvalue weighted by Crippen LogP contribution is 2.27. The van der Waals surface area contributed by atoms with Crippen LogP contribution in [0.2, 0.25) is 0 Å². The lowest BCUT2D eigenvalue weighted by atomic mass is 9.98. The average Bonchev–Trinajstić information content (AvgIpc) is 3.22. The summed E-state index contributed by atoms with van der Waals surface area (Å²) >= 11 is 1.26. The lowest BCUT2D eigenvalue weighted by molar-refractivity contribution is 0.0695. The van der Waals surface area contributed by atoms with Gasteiger partial charge in [0.25, 0.3) is 0 Å². The molecule has 0 amide bonds. The SMILES string of the molecule is Cl.NCC1CCCN(c2nc3c(cc2F)c(=O)c(C(=O)O)cn3-c2nccs2)C1. The van der Waals surface area contributed by atoms with E-state index < -0.39 is 22.8 Å². The third-order valence-electron chi connectivity index (χ3n) is 4.92. The van der Waals surface area contributed by atoms with Crippen molar-refractivity contribution in [2.75, 3.05) is 24.5 Å². The predicted octanol–water partition coefficient (Wildman–Crippen LogP) is 2.28. The summed E-state index contributed by atoms with van der Waals surface area (Å²) < 4.78 is 16.3. The number of carboxylic acids is 1. The lowest BCUT2D eigenvalue weighted by Crippen LogP contribution is -2.39. The van der Waals surface area contributed by atoms with Crippen molar-refractivity contribution in [2.45, 2.75) is 12.8 Å². The van der Waals surface area contributed by atoms with E-state index in [-0.39, 0.29) is 35.2 Å². The Morgan fingerprint density at radius 2 is 2.24 bits per heavy atom. The molecule has 0 aliphatic carbocycles. The molecule has 4 heterocycles. The summed E-state index contributed by atoms with van der Waals surface area (Å²) in [4.78, 5) is 34.5.